The van der Waals surface area contributed by atoms with Crippen LogP contribution in [0.2, 0.25) is 0 Å². The standard InChI is InChI=1S/C17H21NO/c1-13(2)14-5-9-16(10-6-14)19-17-11-7-15(8-12-17)18(3)4/h5-13H,1-4H3. The first-order valence-electron chi connectivity index (χ1n) is 6.61. The van der Waals surface area contributed by atoms with Crippen LogP contribution >= 0.6 is 0 Å². The second kappa shape index (κ2) is 5.79. The zero-order valence-corrected chi connectivity index (χ0v) is 12.1. The number of rotatable bonds is 4. The van der Waals surface area contributed by atoms with Gasteiger partial charge in [0.05, 0.1) is 0 Å². The summed E-state index contributed by atoms with van der Waals surface area (Å²) in [6.45, 7) is 4.38. The molecule has 0 amide bonds. The van der Waals surface area contributed by atoms with Crippen LogP contribution in [0.15, 0.2) is 48.5 Å². The van der Waals surface area contributed by atoms with E-state index >= 15 is 0 Å². The first kappa shape index (κ1) is 13.5. The van der Waals surface area contributed by atoms with Crippen molar-refractivity contribution >= 4 is 5.69 Å². The van der Waals surface area contributed by atoms with E-state index in [-0.39, 0.29) is 0 Å². The van der Waals surface area contributed by atoms with Crippen molar-refractivity contribution in [2.24, 2.45) is 0 Å². The Labute approximate surface area is 115 Å². The molecule has 0 aliphatic heterocycles. The predicted octanol–water partition coefficient (Wildman–Crippen LogP) is 4.67. The van der Waals surface area contributed by atoms with Gasteiger partial charge in [-0.2, -0.15) is 0 Å². The monoisotopic (exact) mass is 255 g/mol. The Hall–Kier alpha value is -1.96. The second-order valence-corrected chi connectivity index (χ2v) is 5.21. The van der Waals surface area contributed by atoms with Crippen LogP contribution < -0.4 is 9.64 Å². The Morgan fingerprint density at radius 3 is 1.68 bits per heavy atom. The van der Waals surface area contributed by atoms with Gasteiger partial charge in [-0.05, 0) is 47.9 Å². The second-order valence-electron chi connectivity index (χ2n) is 5.21. The summed E-state index contributed by atoms with van der Waals surface area (Å²) >= 11 is 0. The van der Waals surface area contributed by atoms with Crippen LogP contribution in [-0.4, -0.2) is 14.1 Å². The lowest BCUT2D eigenvalue weighted by Crippen LogP contribution is -2.07. The lowest BCUT2D eigenvalue weighted by Gasteiger charge is -2.13. The minimum atomic E-state index is 0.549. The molecule has 0 aliphatic rings. The van der Waals surface area contributed by atoms with E-state index in [2.05, 4.69) is 43.0 Å². The van der Waals surface area contributed by atoms with E-state index in [1.54, 1.807) is 0 Å². The predicted molar refractivity (Wildman–Crippen MR) is 81.4 cm³/mol. The normalized spacial score (nSPS) is 10.6. The van der Waals surface area contributed by atoms with Crippen LogP contribution in [0.5, 0.6) is 11.5 Å². The van der Waals surface area contributed by atoms with Crippen molar-refractivity contribution in [2.45, 2.75) is 19.8 Å². The first-order chi connectivity index (χ1) is 9.06. The molecule has 0 atom stereocenters. The number of hydrogen-bond acceptors (Lipinski definition) is 2. The van der Waals surface area contributed by atoms with Gasteiger partial charge in [-0.1, -0.05) is 26.0 Å². The van der Waals surface area contributed by atoms with Crippen molar-refractivity contribution in [3.8, 4) is 11.5 Å². The van der Waals surface area contributed by atoms with Gasteiger partial charge in [-0.15, -0.1) is 0 Å². The number of benzene rings is 2. The van der Waals surface area contributed by atoms with Crippen LogP contribution in [0.3, 0.4) is 0 Å². The van der Waals surface area contributed by atoms with Crippen molar-refractivity contribution in [1.29, 1.82) is 0 Å². The van der Waals surface area contributed by atoms with E-state index in [0.717, 1.165) is 11.5 Å². The molecule has 0 unspecified atom stereocenters. The maximum atomic E-state index is 5.83. The highest BCUT2D eigenvalue weighted by Gasteiger charge is 2.01. The van der Waals surface area contributed by atoms with Crippen molar-refractivity contribution in [3.05, 3.63) is 54.1 Å². The molecule has 0 bridgehead atoms. The van der Waals surface area contributed by atoms with E-state index in [1.807, 2.05) is 38.4 Å². The van der Waals surface area contributed by atoms with Gasteiger partial charge in [0, 0.05) is 19.8 Å². The topological polar surface area (TPSA) is 12.5 Å². The fourth-order valence-corrected chi connectivity index (χ4v) is 1.87. The summed E-state index contributed by atoms with van der Waals surface area (Å²) in [5.74, 6) is 2.29. The molecule has 0 radical (unpaired) electrons. The molecule has 0 spiro atoms. The fraction of sp³-hybridized carbons (Fsp3) is 0.294. The van der Waals surface area contributed by atoms with Crippen LogP contribution in [0.25, 0.3) is 0 Å². The van der Waals surface area contributed by atoms with Crippen LogP contribution in [-0.2, 0) is 0 Å². The van der Waals surface area contributed by atoms with Gasteiger partial charge in [0.15, 0.2) is 0 Å². The smallest absolute Gasteiger partial charge is 0.127 e. The van der Waals surface area contributed by atoms with Gasteiger partial charge in [-0.25, -0.2) is 0 Å². The fourth-order valence-electron chi connectivity index (χ4n) is 1.87. The summed E-state index contributed by atoms with van der Waals surface area (Å²) in [6.07, 6.45) is 0. The van der Waals surface area contributed by atoms with E-state index < -0.39 is 0 Å². The Kier molecular flexibility index (Phi) is 4.10. The maximum Gasteiger partial charge on any atom is 0.127 e. The minimum Gasteiger partial charge on any atom is -0.457 e. The third kappa shape index (κ3) is 3.50. The van der Waals surface area contributed by atoms with Crippen molar-refractivity contribution < 1.29 is 4.74 Å². The Balaban J connectivity index is 2.08. The molecule has 19 heavy (non-hydrogen) atoms. The molecule has 100 valence electrons. The summed E-state index contributed by atoms with van der Waals surface area (Å²) in [5, 5.41) is 0. The van der Waals surface area contributed by atoms with Crippen LogP contribution in [0.4, 0.5) is 5.69 Å². The molecule has 2 rings (SSSR count). The lowest BCUT2D eigenvalue weighted by atomic mass is 10.0. The molecule has 0 aromatic heterocycles. The van der Waals surface area contributed by atoms with Crippen molar-refractivity contribution in [2.75, 3.05) is 19.0 Å². The highest BCUT2D eigenvalue weighted by atomic mass is 16.5. The molecule has 0 saturated heterocycles. The molecule has 2 aromatic carbocycles. The first-order valence-corrected chi connectivity index (χ1v) is 6.61. The maximum absolute atomic E-state index is 5.83. The van der Waals surface area contributed by atoms with E-state index in [1.165, 1.54) is 11.3 Å². The van der Waals surface area contributed by atoms with Gasteiger partial charge >= 0.3 is 0 Å². The Bertz CT molecular complexity index is 462. The summed E-state index contributed by atoms with van der Waals surface area (Å²) in [4.78, 5) is 2.07. The molecule has 0 saturated carbocycles. The molecule has 2 aromatic rings. The quantitative estimate of drug-likeness (QED) is 0.787. The van der Waals surface area contributed by atoms with Gasteiger partial charge < -0.3 is 9.64 Å². The van der Waals surface area contributed by atoms with Crippen LogP contribution in [0, 0.1) is 0 Å². The summed E-state index contributed by atoms with van der Waals surface area (Å²) in [6, 6.07) is 16.4. The summed E-state index contributed by atoms with van der Waals surface area (Å²) < 4.78 is 5.83. The molecular weight excluding hydrogens is 234 g/mol. The average Bonchev–Trinajstić information content (AvgIpc) is 2.40. The zero-order valence-electron chi connectivity index (χ0n) is 12.1. The SMILES string of the molecule is CC(C)c1ccc(Oc2ccc(N(C)C)cc2)cc1. The third-order valence-corrected chi connectivity index (χ3v) is 3.14. The number of ether oxygens (including phenoxy) is 1. The van der Waals surface area contributed by atoms with Gasteiger partial charge in [0.2, 0.25) is 0 Å². The highest BCUT2D eigenvalue weighted by molar-refractivity contribution is 5.48. The molecular formula is C17H21NO. The largest absolute Gasteiger partial charge is 0.457 e. The molecule has 0 fully saturated rings. The zero-order chi connectivity index (χ0) is 13.8. The molecule has 0 N–H and O–H groups in total. The Morgan fingerprint density at radius 2 is 1.26 bits per heavy atom. The van der Waals surface area contributed by atoms with Gasteiger partial charge in [-0.3, -0.25) is 0 Å². The van der Waals surface area contributed by atoms with Gasteiger partial charge in [0.25, 0.3) is 0 Å². The molecule has 2 heteroatoms. The van der Waals surface area contributed by atoms with Crippen molar-refractivity contribution in [1.82, 2.24) is 0 Å². The van der Waals surface area contributed by atoms with Crippen LogP contribution in [0.1, 0.15) is 25.3 Å². The molecule has 2 nitrogen and oxygen atoms in total. The highest BCUT2D eigenvalue weighted by Crippen LogP contribution is 2.25. The average molecular weight is 255 g/mol. The van der Waals surface area contributed by atoms with E-state index in [9.17, 15) is 0 Å². The number of anilines is 1. The summed E-state index contributed by atoms with van der Waals surface area (Å²) in [5.41, 5.74) is 2.50. The summed E-state index contributed by atoms with van der Waals surface area (Å²) in [7, 11) is 4.06. The third-order valence-electron chi connectivity index (χ3n) is 3.14. The van der Waals surface area contributed by atoms with E-state index in [0.29, 0.717) is 5.92 Å². The van der Waals surface area contributed by atoms with Gasteiger partial charge in [0.1, 0.15) is 11.5 Å². The molecule has 0 aliphatic carbocycles. The molecule has 0 heterocycles. The van der Waals surface area contributed by atoms with E-state index in [4.69, 9.17) is 4.74 Å². The Morgan fingerprint density at radius 1 is 0.789 bits per heavy atom. The number of hydrogen-bond donors (Lipinski definition) is 0. The minimum absolute atomic E-state index is 0.549. The lowest BCUT2D eigenvalue weighted by molar-refractivity contribution is 0.482. The number of nitrogens with zero attached hydrogens (tertiary/aromatic N) is 1. The van der Waals surface area contributed by atoms with Crippen molar-refractivity contribution in [3.63, 3.8) is 0 Å².